The summed E-state index contributed by atoms with van der Waals surface area (Å²) in [5.74, 6) is 2.17. The molecule has 14 heavy (non-hydrogen) atoms. The summed E-state index contributed by atoms with van der Waals surface area (Å²) in [7, 11) is 0. The summed E-state index contributed by atoms with van der Waals surface area (Å²) in [5.41, 5.74) is 0. The predicted molar refractivity (Wildman–Crippen MR) is 58.2 cm³/mol. The SMILES string of the molecule is CCSCCCN1C(=O)CCCC1=O. The third-order valence-electron chi connectivity index (χ3n) is 2.26. The van der Waals surface area contributed by atoms with Crippen LogP contribution in [-0.4, -0.2) is 34.8 Å². The number of nitrogens with zero attached hydrogens (tertiary/aromatic N) is 1. The molecule has 0 N–H and O–H groups in total. The Balaban J connectivity index is 2.26. The molecule has 0 aliphatic carbocycles. The summed E-state index contributed by atoms with van der Waals surface area (Å²) in [5, 5.41) is 0. The zero-order chi connectivity index (χ0) is 10.4. The number of hydrogen-bond acceptors (Lipinski definition) is 3. The molecule has 3 nitrogen and oxygen atoms in total. The summed E-state index contributed by atoms with van der Waals surface area (Å²) >= 11 is 1.85. The van der Waals surface area contributed by atoms with E-state index in [1.54, 1.807) is 0 Å². The quantitative estimate of drug-likeness (QED) is 0.517. The van der Waals surface area contributed by atoms with Gasteiger partial charge in [-0.1, -0.05) is 6.92 Å². The van der Waals surface area contributed by atoms with Crippen molar-refractivity contribution in [2.24, 2.45) is 0 Å². The molecule has 1 heterocycles. The Labute approximate surface area is 89.2 Å². The molecule has 0 spiro atoms. The Morgan fingerprint density at radius 2 is 1.93 bits per heavy atom. The molecule has 4 heteroatoms. The van der Waals surface area contributed by atoms with Crippen molar-refractivity contribution < 1.29 is 9.59 Å². The van der Waals surface area contributed by atoms with E-state index in [0.29, 0.717) is 19.4 Å². The summed E-state index contributed by atoms with van der Waals surface area (Å²) in [6.45, 7) is 2.73. The van der Waals surface area contributed by atoms with Crippen molar-refractivity contribution in [2.45, 2.75) is 32.6 Å². The molecule has 2 amide bonds. The Hall–Kier alpha value is -0.510. The van der Waals surface area contributed by atoms with Gasteiger partial charge in [0.05, 0.1) is 0 Å². The number of rotatable bonds is 5. The van der Waals surface area contributed by atoms with Crippen LogP contribution >= 0.6 is 11.8 Å². The topological polar surface area (TPSA) is 37.4 Å². The first-order chi connectivity index (χ1) is 6.75. The number of imide groups is 1. The smallest absolute Gasteiger partial charge is 0.229 e. The first-order valence-corrected chi connectivity index (χ1v) is 6.32. The molecule has 80 valence electrons. The van der Waals surface area contributed by atoms with Gasteiger partial charge in [0, 0.05) is 19.4 Å². The van der Waals surface area contributed by atoms with Crippen LogP contribution in [0.3, 0.4) is 0 Å². The fourth-order valence-corrected chi connectivity index (χ4v) is 2.14. The van der Waals surface area contributed by atoms with Gasteiger partial charge in [0.1, 0.15) is 0 Å². The molecule has 0 aromatic carbocycles. The molecule has 0 saturated carbocycles. The molecule has 0 unspecified atom stereocenters. The lowest BCUT2D eigenvalue weighted by atomic mass is 10.1. The number of thioether (sulfide) groups is 1. The van der Waals surface area contributed by atoms with E-state index < -0.39 is 0 Å². The van der Waals surface area contributed by atoms with Crippen LogP contribution in [-0.2, 0) is 9.59 Å². The molecular weight excluding hydrogens is 198 g/mol. The van der Waals surface area contributed by atoms with Gasteiger partial charge in [-0.3, -0.25) is 14.5 Å². The van der Waals surface area contributed by atoms with Gasteiger partial charge in [-0.05, 0) is 24.3 Å². The monoisotopic (exact) mass is 215 g/mol. The fraction of sp³-hybridized carbons (Fsp3) is 0.800. The molecule has 1 saturated heterocycles. The first kappa shape index (κ1) is 11.6. The van der Waals surface area contributed by atoms with Gasteiger partial charge < -0.3 is 0 Å². The highest BCUT2D eigenvalue weighted by atomic mass is 32.2. The number of piperidine rings is 1. The average molecular weight is 215 g/mol. The first-order valence-electron chi connectivity index (χ1n) is 5.16. The Morgan fingerprint density at radius 3 is 2.50 bits per heavy atom. The highest BCUT2D eigenvalue weighted by Crippen LogP contribution is 2.13. The van der Waals surface area contributed by atoms with E-state index in [-0.39, 0.29) is 11.8 Å². The molecule has 1 aliphatic rings. The van der Waals surface area contributed by atoms with Crippen LogP contribution in [0.15, 0.2) is 0 Å². The molecule has 0 bridgehead atoms. The summed E-state index contributed by atoms with van der Waals surface area (Å²) in [6.07, 6.45) is 2.76. The average Bonchev–Trinajstić information content (AvgIpc) is 2.16. The summed E-state index contributed by atoms with van der Waals surface area (Å²) < 4.78 is 0. The van der Waals surface area contributed by atoms with E-state index in [1.807, 2.05) is 11.8 Å². The maximum Gasteiger partial charge on any atom is 0.229 e. The highest BCUT2D eigenvalue weighted by Gasteiger charge is 2.24. The van der Waals surface area contributed by atoms with Crippen molar-refractivity contribution in [1.82, 2.24) is 4.90 Å². The number of hydrogen-bond donors (Lipinski definition) is 0. The molecule has 1 fully saturated rings. The van der Waals surface area contributed by atoms with Crippen molar-refractivity contribution in [3.05, 3.63) is 0 Å². The third kappa shape index (κ3) is 3.33. The minimum absolute atomic E-state index is 0.0164. The Morgan fingerprint density at radius 1 is 1.29 bits per heavy atom. The zero-order valence-corrected chi connectivity index (χ0v) is 9.44. The van der Waals surface area contributed by atoms with Gasteiger partial charge in [0.2, 0.25) is 11.8 Å². The van der Waals surface area contributed by atoms with Crippen LogP contribution in [0.1, 0.15) is 32.6 Å². The second kappa shape index (κ2) is 6.06. The molecule has 1 aliphatic heterocycles. The van der Waals surface area contributed by atoms with Crippen molar-refractivity contribution >= 4 is 23.6 Å². The van der Waals surface area contributed by atoms with Crippen LogP contribution in [0.25, 0.3) is 0 Å². The number of amides is 2. The fourth-order valence-electron chi connectivity index (χ4n) is 1.52. The molecule has 1 rings (SSSR count). The molecule has 0 aromatic rings. The lowest BCUT2D eigenvalue weighted by Gasteiger charge is -2.24. The van der Waals surface area contributed by atoms with Gasteiger partial charge in [0.15, 0.2) is 0 Å². The van der Waals surface area contributed by atoms with E-state index in [4.69, 9.17) is 0 Å². The summed E-state index contributed by atoms with van der Waals surface area (Å²) in [4.78, 5) is 24.2. The maximum absolute atomic E-state index is 11.4. The van der Waals surface area contributed by atoms with Gasteiger partial charge in [-0.25, -0.2) is 0 Å². The van der Waals surface area contributed by atoms with Crippen molar-refractivity contribution in [1.29, 1.82) is 0 Å². The van der Waals surface area contributed by atoms with E-state index in [0.717, 1.165) is 24.3 Å². The third-order valence-corrected chi connectivity index (χ3v) is 3.24. The molecule has 0 atom stereocenters. The van der Waals surface area contributed by atoms with E-state index in [9.17, 15) is 9.59 Å². The maximum atomic E-state index is 11.4. The van der Waals surface area contributed by atoms with Crippen molar-refractivity contribution in [2.75, 3.05) is 18.1 Å². The molecule has 0 radical (unpaired) electrons. The van der Waals surface area contributed by atoms with Gasteiger partial charge >= 0.3 is 0 Å². The zero-order valence-electron chi connectivity index (χ0n) is 8.62. The molecule has 0 aromatic heterocycles. The van der Waals surface area contributed by atoms with Crippen LogP contribution in [0.2, 0.25) is 0 Å². The number of carbonyl (C=O) groups is 2. The van der Waals surface area contributed by atoms with Gasteiger partial charge in [-0.15, -0.1) is 0 Å². The largest absolute Gasteiger partial charge is 0.283 e. The van der Waals surface area contributed by atoms with E-state index in [2.05, 4.69) is 6.92 Å². The minimum Gasteiger partial charge on any atom is -0.283 e. The normalized spacial score (nSPS) is 17.6. The minimum atomic E-state index is 0.0164. The number of likely N-dealkylation sites (tertiary alicyclic amines) is 1. The standard InChI is InChI=1S/C10H17NO2S/c1-2-14-8-4-7-11-9(12)5-3-6-10(11)13/h2-8H2,1H3. The van der Waals surface area contributed by atoms with Crippen LogP contribution in [0.4, 0.5) is 0 Å². The van der Waals surface area contributed by atoms with E-state index >= 15 is 0 Å². The second-order valence-electron chi connectivity index (χ2n) is 3.34. The Kier molecular flexibility index (Phi) is 5.01. The van der Waals surface area contributed by atoms with Crippen LogP contribution in [0.5, 0.6) is 0 Å². The van der Waals surface area contributed by atoms with Crippen molar-refractivity contribution in [3.63, 3.8) is 0 Å². The predicted octanol–water partition coefficient (Wildman–Crippen LogP) is 1.67. The highest BCUT2D eigenvalue weighted by molar-refractivity contribution is 7.99. The lowest BCUT2D eigenvalue weighted by molar-refractivity contribution is -0.147. The van der Waals surface area contributed by atoms with E-state index in [1.165, 1.54) is 4.90 Å². The van der Waals surface area contributed by atoms with Crippen molar-refractivity contribution in [3.8, 4) is 0 Å². The van der Waals surface area contributed by atoms with Gasteiger partial charge in [-0.2, -0.15) is 11.8 Å². The van der Waals surface area contributed by atoms with Crippen LogP contribution in [0, 0.1) is 0 Å². The van der Waals surface area contributed by atoms with Gasteiger partial charge in [0.25, 0.3) is 0 Å². The van der Waals surface area contributed by atoms with Crippen LogP contribution < -0.4 is 0 Å². The summed E-state index contributed by atoms with van der Waals surface area (Å²) in [6, 6.07) is 0. The number of carbonyl (C=O) groups excluding carboxylic acids is 2. The molecular formula is C10H17NO2S. The Bertz CT molecular complexity index is 202. The second-order valence-corrected chi connectivity index (χ2v) is 4.74. The lowest BCUT2D eigenvalue weighted by Crippen LogP contribution is -2.40.